The molecule has 2 unspecified atom stereocenters. The average molecular weight is 352 g/mol. The topological polar surface area (TPSA) is 145 Å². The monoisotopic (exact) mass is 352 g/mol. The molecular weight excluding hydrogens is 320 g/mol. The molecule has 0 amide bonds. The average Bonchev–Trinajstić information content (AvgIpc) is 2.62. The number of esters is 1. The van der Waals surface area contributed by atoms with E-state index in [2.05, 4.69) is 0 Å². The maximum atomic E-state index is 11.7. The van der Waals surface area contributed by atoms with Gasteiger partial charge in [0.15, 0.2) is 0 Å². The number of rotatable bonds is 7. The lowest BCUT2D eigenvalue weighted by Crippen LogP contribution is -2.33. The molecule has 1 saturated carbocycles. The molecule has 0 aromatic rings. The fraction of sp³-hybridized carbons (Fsp3) is 0.875. The van der Waals surface area contributed by atoms with Crippen molar-refractivity contribution in [1.82, 2.24) is 0 Å². The molecule has 2 atom stereocenters. The quantitative estimate of drug-likeness (QED) is 0.322. The van der Waals surface area contributed by atoms with Gasteiger partial charge in [0.2, 0.25) is 0 Å². The third-order valence-corrected chi connectivity index (χ3v) is 3.33. The van der Waals surface area contributed by atoms with Crippen LogP contribution in [0, 0.1) is 11.8 Å². The fourth-order valence-corrected chi connectivity index (χ4v) is 2.13. The number of hydrogen-bond donors (Lipinski definition) is 5. The summed E-state index contributed by atoms with van der Waals surface area (Å²) in [5.74, 6) is -2.15. The molecule has 5 N–H and O–H groups in total. The molecule has 0 aromatic heterocycles. The molecule has 1 rings (SSSR count). The Morgan fingerprint density at radius 2 is 1.38 bits per heavy atom. The Morgan fingerprint density at radius 1 is 0.917 bits per heavy atom. The molecule has 24 heavy (non-hydrogen) atoms. The molecule has 0 spiro atoms. The lowest BCUT2D eigenvalue weighted by atomic mass is 9.79. The summed E-state index contributed by atoms with van der Waals surface area (Å²) in [4.78, 5) is 22.7. The predicted octanol–water partition coefficient (Wildman–Crippen LogP) is 0.163. The molecule has 8 heteroatoms. The van der Waals surface area contributed by atoms with Gasteiger partial charge >= 0.3 is 11.9 Å². The molecule has 0 aromatic carbocycles. The van der Waals surface area contributed by atoms with E-state index in [0.717, 1.165) is 25.7 Å². The van der Waals surface area contributed by atoms with Crippen LogP contribution in [0.25, 0.3) is 0 Å². The second-order valence-corrected chi connectivity index (χ2v) is 5.25. The number of aliphatic hydroxyl groups excluding tert-OH is 4. The highest BCUT2D eigenvalue weighted by atomic mass is 16.5. The number of ether oxygens (including phenoxy) is 1. The molecule has 0 heterocycles. The number of carboxylic acid groups (broad SMARTS) is 1. The zero-order chi connectivity index (χ0) is 18.8. The van der Waals surface area contributed by atoms with E-state index < -0.39 is 17.8 Å². The van der Waals surface area contributed by atoms with Gasteiger partial charge in [-0.2, -0.15) is 0 Å². The van der Waals surface area contributed by atoms with Crippen LogP contribution in [0.3, 0.4) is 0 Å². The molecule has 1 fully saturated rings. The Balaban J connectivity index is 0. The second kappa shape index (κ2) is 18.1. The number of carboxylic acids is 1. The number of carbonyl (C=O) groups excluding carboxylic acids is 1. The predicted molar refractivity (Wildman–Crippen MR) is 87.3 cm³/mol. The molecule has 0 saturated heterocycles. The van der Waals surface area contributed by atoms with Crippen LogP contribution in [-0.4, -0.2) is 70.5 Å². The van der Waals surface area contributed by atoms with Crippen LogP contribution in [0.15, 0.2) is 0 Å². The first-order valence-electron chi connectivity index (χ1n) is 8.32. The summed E-state index contributed by atoms with van der Waals surface area (Å²) in [5.41, 5.74) is 0. The van der Waals surface area contributed by atoms with Crippen LogP contribution in [-0.2, 0) is 14.3 Å². The lowest BCUT2D eigenvalue weighted by Gasteiger charge is -2.26. The summed E-state index contributed by atoms with van der Waals surface area (Å²) in [6, 6.07) is 0. The van der Waals surface area contributed by atoms with Gasteiger partial charge in [0.25, 0.3) is 0 Å². The molecule has 144 valence electrons. The van der Waals surface area contributed by atoms with Crippen molar-refractivity contribution in [2.45, 2.75) is 45.4 Å². The SMILES string of the molecule is CCCCOC(=O)C1CCCCC1C(=O)O.OCCO.OCCO. The Kier molecular flexibility index (Phi) is 18.9. The number of carbonyl (C=O) groups is 2. The van der Waals surface area contributed by atoms with Crippen LogP contribution in [0.1, 0.15) is 45.4 Å². The van der Waals surface area contributed by atoms with E-state index in [1.165, 1.54) is 0 Å². The van der Waals surface area contributed by atoms with Gasteiger partial charge in [-0.3, -0.25) is 9.59 Å². The van der Waals surface area contributed by atoms with E-state index in [0.29, 0.717) is 19.4 Å². The minimum Gasteiger partial charge on any atom is -0.481 e. The number of aliphatic carboxylic acids is 1. The minimum atomic E-state index is -0.864. The van der Waals surface area contributed by atoms with Crippen molar-refractivity contribution in [2.24, 2.45) is 11.8 Å². The molecule has 0 aliphatic heterocycles. The summed E-state index contributed by atoms with van der Waals surface area (Å²) >= 11 is 0. The maximum Gasteiger partial charge on any atom is 0.309 e. The Bertz CT molecular complexity index is 300. The van der Waals surface area contributed by atoms with E-state index in [4.69, 9.17) is 30.3 Å². The highest BCUT2D eigenvalue weighted by molar-refractivity contribution is 5.81. The number of aliphatic hydroxyl groups is 4. The van der Waals surface area contributed by atoms with E-state index in [-0.39, 0.29) is 32.4 Å². The van der Waals surface area contributed by atoms with Crippen LogP contribution in [0.4, 0.5) is 0 Å². The second-order valence-electron chi connectivity index (χ2n) is 5.25. The lowest BCUT2D eigenvalue weighted by molar-refractivity contribution is -0.159. The van der Waals surface area contributed by atoms with E-state index in [1.807, 2.05) is 6.92 Å². The highest BCUT2D eigenvalue weighted by Gasteiger charge is 2.36. The van der Waals surface area contributed by atoms with Crippen molar-refractivity contribution in [3.63, 3.8) is 0 Å². The number of unbranched alkanes of at least 4 members (excludes halogenated alkanes) is 1. The van der Waals surface area contributed by atoms with E-state index >= 15 is 0 Å². The van der Waals surface area contributed by atoms with Crippen molar-refractivity contribution >= 4 is 11.9 Å². The van der Waals surface area contributed by atoms with Crippen LogP contribution >= 0.6 is 0 Å². The van der Waals surface area contributed by atoms with Crippen molar-refractivity contribution in [2.75, 3.05) is 33.0 Å². The molecule has 1 aliphatic carbocycles. The summed E-state index contributed by atoms with van der Waals surface area (Å²) in [6.45, 7) is 1.94. The van der Waals surface area contributed by atoms with Crippen LogP contribution in [0.5, 0.6) is 0 Å². The van der Waals surface area contributed by atoms with Gasteiger partial charge in [-0.1, -0.05) is 26.2 Å². The Labute approximate surface area is 143 Å². The summed E-state index contributed by atoms with van der Waals surface area (Å²) in [7, 11) is 0. The van der Waals surface area contributed by atoms with Crippen molar-refractivity contribution in [1.29, 1.82) is 0 Å². The van der Waals surface area contributed by atoms with Gasteiger partial charge in [-0.05, 0) is 19.3 Å². The third-order valence-electron chi connectivity index (χ3n) is 3.33. The molecule has 0 radical (unpaired) electrons. The summed E-state index contributed by atoms with van der Waals surface area (Å²) in [6.07, 6.45) is 4.90. The molecule has 8 nitrogen and oxygen atoms in total. The molecule has 1 aliphatic rings. The van der Waals surface area contributed by atoms with Gasteiger partial charge in [-0.25, -0.2) is 0 Å². The summed E-state index contributed by atoms with van der Waals surface area (Å²) in [5, 5.41) is 39.5. The fourth-order valence-electron chi connectivity index (χ4n) is 2.13. The smallest absolute Gasteiger partial charge is 0.309 e. The molecular formula is C16H32O8. The Morgan fingerprint density at radius 3 is 1.75 bits per heavy atom. The maximum absolute atomic E-state index is 11.7. The van der Waals surface area contributed by atoms with Gasteiger partial charge in [0.05, 0.1) is 44.9 Å². The van der Waals surface area contributed by atoms with E-state index in [1.54, 1.807) is 0 Å². The standard InChI is InChI=1S/C12H20O4.2C2H6O2/c1-2-3-8-16-12(15)10-7-5-4-6-9(10)11(13)14;2*3-1-2-4/h9-10H,2-8H2,1H3,(H,13,14);2*3-4H,1-2H2. The van der Waals surface area contributed by atoms with Gasteiger partial charge in [0.1, 0.15) is 0 Å². The first kappa shape index (κ1) is 25.0. The van der Waals surface area contributed by atoms with Gasteiger partial charge in [-0.15, -0.1) is 0 Å². The Hall–Kier alpha value is -1.22. The van der Waals surface area contributed by atoms with E-state index in [9.17, 15) is 9.59 Å². The largest absolute Gasteiger partial charge is 0.481 e. The number of hydrogen-bond acceptors (Lipinski definition) is 7. The van der Waals surface area contributed by atoms with Crippen molar-refractivity contribution < 1.29 is 39.9 Å². The first-order chi connectivity index (χ1) is 11.5. The highest BCUT2D eigenvalue weighted by Crippen LogP contribution is 2.31. The zero-order valence-corrected chi connectivity index (χ0v) is 14.4. The van der Waals surface area contributed by atoms with Crippen LogP contribution < -0.4 is 0 Å². The summed E-state index contributed by atoms with van der Waals surface area (Å²) < 4.78 is 5.10. The van der Waals surface area contributed by atoms with Gasteiger partial charge < -0.3 is 30.3 Å². The first-order valence-corrected chi connectivity index (χ1v) is 8.32. The van der Waals surface area contributed by atoms with Gasteiger partial charge in [0, 0.05) is 0 Å². The normalized spacial score (nSPS) is 19.2. The van der Waals surface area contributed by atoms with Crippen LogP contribution in [0.2, 0.25) is 0 Å². The van der Waals surface area contributed by atoms with Crippen molar-refractivity contribution in [3.05, 3.63) is 0 Å². The van der Waals surface area contributed by atoms with Crippen molar-refractivity contribution in [3.8, 4) is 0 Å². The molecule has 0 bridgehead atoms. The minimum absolute atomic E-state index is 0.125. The third kappa shape index (κ3) is 13.2. The zero-order valence-electron chi connectivity index (χ0n) is 14.4.